The topological polar surface area (TPSA) is 72.2 Å². The smallest absolute Gasteiger partial charge is 0.0488 e. The van der Waals surface area contributed by atoms with Crippen LogP contribution in [0.1, 0.15) is 6.42 Å². The average Bonchev–Trinajstić information content (AvgIpc) is 0.722. The normalized spacial score (nSPS) is 16.0. The first kappa shape index (κ1) is 9.30. The first-order chi connectivity index (χ1) is 2.00. The predicted molar refractivity (Wildman–Crippen MR) is 22.7 cm³/mol. The maximum Gasteiger partial charge on any atom is 0.0488 e. The molecule has 0 radical (unpaired) electrons. The molecular weight excluding hydrogens is 84.0 g/mol. The number of rotatable bonds is 0. The Kier molecular flexibility index (Phi) is 7.57. The molecule has 4 N–H and O–H groups in total. The van der Waals surface area contributed by atoms with E-state index in [0.29, 0.717) is 0 Å². The van der Waals surface area contributed by atoms with Crippen molar-refractivity contribution in [3.05, 3.63) is 0 Å². The fourth-order valence-corrected chi connectivity index (χ4v) is 0.144. The monoisotopic (exact) mass is 94.1 g/mol. The van der Waals surface area contributed by atoms with Gasteiger partial charge in [0.05, 0.1) is 0 Å². The highest BCUT2D eigenvalue weighted by molar-refractivity contribution is 4.41. The molecular formula is C3H10O3. The molecule has 3 nitrogen and oxygen atoms in total. The Morgan fingerprint density at radius 2 is 1.17 bits per heavy atom. The third-order valence-electron chi connectivity index (χ3n) is 0.577. The highest BCUT2D eigenvalue weighted by Gasteiger charge is 1.94. The summed E-state index contributed by atoms with van der Waals surface area (Å²) in [6, 6.07) is 0. The molecule has 0 aromatic heterocycles. The van der Waals surface area contributed by atoms with E-state index >= 15 is 0 Å². The lowest BCUT2D eigenvalue weighted by Crippen LogP contribution is -2.09. The summed E-state index contributed by atoms with van der Waals surface area (Å²) < 4.78 is 4.72. The third-order valence-corrected chi connectivity index (χ3v) is 0.577. The molecule has 1 heterocycles. The van der Waals surface area contributed by atoms with Crippen LogP contribution >= 0.6 is 0 Å². The van der Waals surface area contributed by atoms with Gasteiger partial charge in [0.25, 0.3) is 0 Å². The SMILES string of the molecule is C1COC1.O.O. The summed E-state index contributed by atoms with van der Waals surface area (Å²) in [5.74, 6) is 0. The van der Waals surface area contributed by atoms with Crippen molar-refractivity contribution < 1.29 is 15.7 Å². The second kappa shape index (κ2) is 4.88. The highest BCUT2D eigenvalue weighted by atomic mass is 16.5. The van der Waals surface area contributed by atoms with E-state index in [2.05, 4.69) is 0 Å². The van der Waals surface area contributed by atoms with Crippen LogP contribution in [0.2, 0.25) is 0 Å². The molecule has 6 heavy (non-hydrogen) atoms. The van der Waals surface area contributed by atoms with Crippen molar-refractivity contribution in [3.8, 4) is 0 Å². The van der Waals surface area contributed by atoms with E-state index < -0.39 is 0 Å². The third kappa shape index (κ3) is 2.14. The van der Waals surface area contributed by atoms with Gasteiger partial charge in [-0.15, -0.1) is 0 Å². The molecule has 40 valence electrons. The van der Waals surface area contributed by atoms with Crippen molar-refractivity contribution in [1.29, 1.82) is 0 Å². The lowest BCUT2D eigenvalue weighted by Gasteiger charge is -2.09. The standard InChI is InChI=1S/C3H6O.2H2O/c1-2-4-3-1;;/h1-3H2;2*1H2. The van der Waals surface area contributed by atoms with Gasteiger partial charge >= 0.3 is 0 Å². The molecule has 1 saturated heterocycles. The van der Waals surface area contributed by atoms with Crippen molar-refractivity contribution in [2.24, 2.45) is 0 Å². The highest BCUT2D eigenvalue weighted by Crippen LogP contribution is 1.92. The van der Waals surface area contributed by atoms with Crippen molar-refractivity contribution in [2.75, 3.05) is 13.2 Å². The Labute approximate surface area is 36.5 Å². The zero-order valence-corrected chi connectivity index (χ0v) is 3.53. The lowest BCUT2D eigenvalue weighted by molar-refractivity contribution is 0.0367. The van der Waals surface area contributed by atoms with Crippen molar-refractivity contribution in [1.82, 2.24) is 0 Å². The van der Waals surface area contributed by atoms with E-state index in [4.69, 9.17) is 4.74 Å². The van der Waals surface area contributed by atoms with E-state index in [1.165, 1.54) is 6.42 Å². The van der Waals surface area contributed by atoms with Gasteiger partial charge in [-0.05, 0) is 6.42 Å². The van der Waals surface area contributed by atoms with Crippen LogP contribution in [-0.4, -0.2) is 24.2 Å². The summed E-state index contributed by atoms with van der Waals surface area (Å²) in [5, 5.41) is 0. The fraction of sp³-hybridized carbons (Fsp3) is 1.00. The van der Waals surface area contributed by atoms with Crippen LogP contribution in [0.5, 0.6) is 0 Å². The molecule has 1 fully saturated rings. The molecule has 1 aliphatic rings. The maximum absolute atomic E-state index is 4.72. The van der Waals surface area contributed by atoms with Crippen LogP contribution in [0.3, 0.4) is 0 Å². The quantitative estimate of drug-likeness (QED) is 0.370. The Morgan fingerprint density at radius 1 is 1.00 bits per heavy atom. The van der Waals surface area contributed by atoms with Gasteiger partial charge in [-0.3, -0.25) is 0 Å². The minimum Gasteiger partial charge on any atom is -0.412 e. The van der Waals surface area contributed by atoms with Crippen LogP contribution in [0.25, 0.3) is 0 Å². The van der Waals surface area contributed by atoms with Crippen LogP contribution in [0.4, 0.5) is 0 Å². The van der Waals surface area contributed by atoms with Gasteiger partial charge in [-0.25, -0.2) is 0 Å². The van der Waals surface area contributed by atoms with Crippen LogP contribution in [-0.2, 0) is 4.74 Å². The van der Waals surface area contributed by atoms with Gasteiger partial charge in [-0.1, -0.05) is 0 Å². The summed E-state index contributed by atoms with van der Waals surface area (Å²) in [4.78, 5) is 0. The van der Waals surface area contributed by atoms with E-state index in [0.717, 1.165) is 13.2 Å². The van der Waals surface area contributed by atoms with Gasteiger partial charge in [0.15, 0.2) is 0 Å². The van der Waals surface area contributed by atoms with Crippen molar-refractivity contribution in [2.45, 2.75) is 6.42 Å². The van der Waals surface area contributed by atoms with E-state index in [1.807, 2.05) is 0 Å². The molecule has 0 amide bonds. The predicted octanol–water partition coefficient (Wildman–Crippen LogP) is -1.24. The van der Waals surface area contributed by atoms with E-state index in [-0.39, 0.29) is 11.0 Å². The van der Waals surface area contributed by atoms with Crippen molar-refractivity contribution >= 4 is 0 Å². The Hall–Kier alpha value is -0.120. The first-order valence-corrected chi connectivity index (χ1v) is 1.58. The average molecular weight is 94.1 g/mol. The summed E-state index contributed by atoms with van der Waals surface area (Å²) in [6.45, 7) is 2.00. The number of hydrogen-bond acceptors (Lipinski definition) is 1. The zero-order valence-electron chi connectivity index (χ0n) is 3.53. The maximum atomic E-state index is 4.72. The molecule has 0 aromatic carbocycles. The number of hydrogen-bond donors (Lipinski definition) is 0. The van der Waals surface area contributed by atoms with Crippen LogP contribution in [0, 0.1) is 0 Å². The molecule has 1 aliphatic heterocycles. The van der Waals surface area contributed by atoms with Gasteiger partial charge < -0.3 is 15.7 Å². The molecule has 0 unspecified atom stereocenters. The Bertz CT molecular complexity index is 14.0. The van der Waals surface area contributed by atoms with Gasteiger partial charge in [-0.2, -0.15) is 0 Å². The molecule has 0 aromatic rings. The van der Waals surface area contributed by atoms with Gasteiger partial charge in [0, 0.05) is 13.2 Å². The molecule has 0 bridgehead atoms. The first-order valence-electron chi connectivity index (χ1n) is 1.58. The summed E-state index contributed by atoms with van der Waals surface area (Å²) in [5.41, 5.74) is 0. The van der Waals surface area contributed by atoms with Crippen LogP contribution < -0.4 is 0 Å². The second-order valence-corrected chi connectivity index (χ2v) is 0.966. The molecule has 1 rings (SSSR count). The van der Waals surface area contributed by atoms with E-state index in [1.54, 1.807) is 0 Å². The molecule has 0 aliphatic carbocycles. The number of ether oxygens (including phenoxy) is 1. The fourth-order valence-electron chi connectivity index (χ4n) is 0.144. The Morgan fingerprint density at radius 3 is 1.17 bits per heavy atom. The largest absolute Gasteiger partial charge is 0.412 e. The summed E-state index contributed by atoms with van der Waals surface area (Å²) in [7, 11) is 0. The van der Waals surface area contributed by atoms with Crippen molar-refractivity contribution in [3.63, 3.8) is 0 Å². The minimum absolute atomic E-state index is 0. The summed E-state index contributed by atoms with van der Waals surface area (Å²) >= 11 is 0. The lowest BCUT2D eigenvalue weighted by atomic mass is 10.4. The molecule has 3 heteroatoms. The van der Waals surface area contributed by atoms with Gasteiger partial charge in [0.1, 0.15) is 0 Å². The minimum atomic E-state index is 0. The second-order valence-electron chi connectivity index (χ2n) is 0.966. The zero-order chi connectivity index (χ0) is 2.83. The molecule has 0 spiro atoms. The van der Waals surface area contributed by atoms with Crippen LogP contribution in [0.15, 0.2) is 0 Å². The molecule has 0 saturated carbocycles. The molecule has 0 atom stereocenters. The summed E-state index contributed by atoms with van der Waals surface area (Å²) in [6.07, 6.45) is 1.28. The Balaban J connectivity index is 0. The van der Waals surface area contributed by atoms with E-state index in [9.17, 15) is 0 Å². The van der Waals surface area contributed by atoms with Gasteiger partial charge in [0.2, 0.25) is 0 Å².